The van der Waals surface area contributed by atoms with E-state index in [2.05, 4.69) is 5.32 Å². The van der Waals surface area contributed by atoms with Gasteiger partial charge in [-0.25, -0.2) is 9.18 Å². The van der Waals surface area contributed by atoms with E-state index in [0.29, 0.717) is 5.56 Å². The fraction of sp³-hybridized carbons (Fsp3) is 0.263. The zero-order chi connectivity index (χ0) is 18.4. The molecule has 2 N–H and O–H groups in total. The number of hydrogen-bond acceptors (Lipinski definition) is 3. The van der Waals surface area contributed by atoms with Crippen molar-refractivity contribution in [2.24, 2.45) is 0 Å². The third-order valence-electron chi connectivity index (χ3n) is 3.81. The molecule has 0 saturated carbocycles. The van der Waals surface area contributed by atoms with Crippen LogP contribution in [0.15, 0.2) is 36.4 Å². The van der Waals surface area contributed by atoms with Gasteiger partial charge < -0.3 is 15.2 Å². The van der Waals surface area contributed by atoms with Crippen molar-refractivity contribution in [1.82, 2.24) is 5.32 Å². The molecule has 0 saturated heterocycles. The van der Waals surface area contributed by atoms with E-state index in [1.807, 2.05) is 32.0 Å². The second-order valence-corrected chi connectivity index (χ2v) is 5.70. The monoisotopic (exact) mass is 345 g/mol. The third-order valence-corrected chi connectivity index (χ3v) is 3.81. The Kier molecular flexibility index (Phi) is 6.25. The highest BCUT2D eigenvalue weighted by Crippen LogP contribution is 2.24. The molecule has 1 amide bonds. The summed E-state index contributed by atoms with van der Waals surface area (Å²) >= 11 is 0. The van der Waals surface area contributed by atoms with Crippen LogP contribution in [0.5, 0.6) is 0 Å². The predicted molar refractivity (Wildman–Crippen MR) is 92.1 cm³/mol. The van der Waals surface area contributed by atoms with Crippen LogP contribution >= 0.6 is 0 Å². The van der Waals surface area contributed by atoms with Crippen molar-refractivity contribution in [3.05, 3.63) is 58.9 Å². The van der Waals surface area contributed by atoms with Crippen molar-refractivity contribution in [3.63, 3.8) is 0 Å². The minimum atomic E-state index is -1.08. The van der Waals surface area contributed by atoms with Gasteiger partial charge in [0.15, 0.2) is 0 Å². The van der Waals surface area contributed by atoms with E-state index in [1.165, 1.54) is 12.1 Å². The summed E-state index contributed by atoms with van der Waals surface area (Å²) < 4.78 is 19.1. The molecule has 0 spiro atoms. The summed E-state index contributed by atoms with van der Waals surface area (Å²) in [6.45, 7) is 3.70. The van der Waals surface area contributed by atoms with Gasteiger partial charge in [-0.15, -0.1) is 0 Å². The molecular weight excluding hydrogens is 325 g/mol. The molecule has 0 heterocycles. The van der Waals surface area contributed by atoms with Crippen LogP contribution in [0.3, 0.4) is 0 Å². The summed E-state index contributed by atoms with van der Waals surface area (Å²) in [6.07, 6.45) is 0. The summed E-state index contributed by atoms with van der Waals surface area (Å²) in [6, 6.07) is 10.3. The van der Waals surface area contributed by atoms with Gasteiger partial charge in [0.25, 0.3) is 5.91 Å². The maximum atomic E-state index is 14.3. The SMILES string of the molecule is Cc1ccc(-c2ccc(C(=O)NCCOCC(=O)O)c(F)c2)cc1C. The van der Waals surface area contributed by atoms with Gasteiger partial charge in [-0.05, 0) is 48.2 Å². The van der Waals surface area contributed by atoms with Crippen LogP contribution in [0.4, 0.5) is 4.39 Å². The first-order valence-electron chi connectivity index (χ1n) is 7.83. The number of halogens is 1. The Morgan fingerprint density at radius 1 is 1.08 bits per heavy atom. The molecule has 2 aromatic rings. The molecule has 0 aliphatic rings. The number of aliphatic carboxylic acids is 1. The maximum absolute atomic E-state index is 14.3. The first kappa shape index (κ1) is 18.6. The Balaban J connectivity index is 2.02. The quantitative estimate of drug-likeness (QED) is 0.757. The van der Waals surface area contributed by atoms with Gasteiger partial charge in [-0.3, -0.25) is 4.79 Å². The smallest absolute Gasteiger partial charge is 0.329 e. The molecule has 0 radical (unpaired) electrons. The van der Waals surface area contributed by atoms with E-state index >= 15 is 0 Å². The molecule has 0 aliphatic carbocycles. The zero-order valence-corrected chi connectivity index (χ0v) is 14.1. The van der Waals surface area contributed by atoms with Crippen LogP contribution in [0.1, 0.15) is 21.5 Å². The fourth-order valence-electron chi connectivity index (χ4n) is 2.29. The van der Waals surface area contributed by atoms with Gasteiger partial charge in [-0.2, -0.15) is 0 Å². The van der Waals surface area contributed by atoms with Gasteiger partial charge in [0.2, 0.25) is 0 Å². The fourth-order valence-corrected chi connectivity index (χ4v) is 2.29. The summed E-state index contributed by atoms with van der Waals surface area (Å²) in [5, 5.41) is 10.9. The normalized spacial score (nSPS) is 10.5. The lowest BCUT2D eigenvalue weighted by Crippen LogP contribution is -2.28. The maximum Gasteiger partial charge on any atom is 0.329 e. The number of carbonyl (C=O) groups excluding carboxylic acids is 1. The average molecular weight is 345 g/mol. The van der Waals surface area contributed by atoms with E-state index in [4.69, 9.17) is 9.84 Å². The molecule has 2 aromatic carbocycles. The van der Waals surface area contributed by atoms with Crippen LogP contribution in [-0.2, 0) is 9.53 Å². The Morgan fingerprint density at radius 2 is 1.76 bits per heavy atom. The van der Waals surface area contributed by atoms with E-state index in [1.54, 1.807) is 6.07 Å². The van der Waals surface area contributed by atoms with Crippen molar-refractivity contribution < 1.29 is 23.8 Å². The number of hydrogen-bond donors (Lipinski definition) is 2. The Hall–Kier alpha value is -2.73. The van der Waals surface area contributed by atoms with E-state index in [0.717, 1.165) is 16.7 Å². The van der Waals surface area contributed by atoms with Crippen molar-refractivity contribution in [3.8, 4) is 11.1 Å². The van der Waals surface area contributed by atoms with E-state index < -0.39 is 24.3 Å². The lowest BCUT2D eigenvalue weighted by molar-refractivity contribution is -0.142. The van der Waals surface area contributed by atoms with Crippen molar-refractivity contribution in [2.75, 3.05) is 19.8 Å². The molecule has 0 atom stereocenters. The molecule has 25 heavy (non-hydrogen) atoms. The zero-order valence-electron chi connectivity index (χ0n) is 14.1. The molecule has 0 fully saturated rings. The number of aryl methyl sites for hydroxylation is 2. The summed E-state index contributed by atoms with van der Waals surface area (Å²) in [4.78, 5) is 22.3. The highest BCUT2D eigenvalue weighted by molar-refractivity contribution is 5.95. The van der Waals surface area contributed by atoms with Crippen LogP contribution in [0, 0.1) is 19.7 Å². The standard InChI is InChI=1S/C19H20FNO4/c1-12-3-4-14(9-13(12)2)15-5-6-16(17(20)10-15)19(24)21-7-8-25-11-18(22)23/h3-6,9-10H,7-8,11H2,1-2H3,(H,21,24)(H,22,23). The van der Waals surface area contributed by atoms with Gasteiger partial charge in [0.05, 0.1) is 12.2 Å². The van der Waals surface area contributed by atoms with E-state index in [9.17, 15) is 14.0 Å². The largest absolute Gasteiger partial charge is 0.480 e. The number of amides is 1. The number of carbonyl (C=O) groups is 2. The first-order valence-corrected chi connectivity index (χ1v) is 7.83. The van der Waals surface area contributed by atoms with Gasteiger partial charge in [0, 0.05) is 6.54 Å². The van der Waals surface area contributed by atoms with Crippen LogP contribution in [0.2, 0.25) is 0 Å². The van der Waals surface area contributed by atoms with Gasteiger partial charge in [0.1, 0.15) is 12.4 Å². The second-order valence-electron chi connectivity index (χ2n) is 5.70. The summed E-state index contributed by atoms with van der Waals surface area (Å²) in [5.41, 5.74) is 3.79. The molecule has 5 nitrogen and oxygen atoms in total. The van der Waals surface area contributed by atoms with Crippen LogP contribution < -0.4 is 5.32 Å². The molecular formula is C19H20FNO4. The number of nitrogens with one attached hydrogen (secondary N) is 1. The highest BCUT2D eigenvalue weighted by atomic mass is 19.1. The Bertz CT molecular complexity index is 789. The lowest BCUT2D eigenvalue weighted by atomic mass is 9.99. The molecule has 0 aliphatic heterocycles. The molecule has 132 valence electrons. The molecule has 6 heteroatoms. The lowest BCUT2D eigenvalue weighted by Gasteiger charge is -2.09. The molecule has 0 bridgehead atoms. The number of benzene rings is 2. The second kappa shape index (κ2) is 8.39. The van der Waals surface area contributed by atoms with Gasteiger partial charge in [-0.1, -0.05) is 24.3 Å². The average Bonchev–Trinajstić information content (AvgIpc) is 2.56. The summed E-state index contributed by atoms with van der Waals surface area (Å²) in [5.74, 6) is -2.26. The number of rotatable bonds is 7. The highest BCUT2D eigenvalue weighted by Gasteiger charge is 2.12. The topological polar surface area (TPSA) is 75.6 Å². The van der Waals surface area contributed by atoms with Crippen molar-refractivity contribution in [1.29, 1.82) is 0 Å². The number of carboxylic acids is 1. The summed E-state index contributed by atoms with van der Waals surface area (Å²) in [7, 11) is 0. The van der Waals surface area contributed by atoms with E-state index in [-0.39, 0.29) is 18.7 Å². The van der Waals surface area contributed by atoms with Crippen molar-refractivity contribution >= 4 is 11.9 Å². The minimum absolute atomic E-state index is 0.0420. The minimum Gasteiger partial charge on any atom is -0.480 e. The van der Waals surface area contributed by atoms with Crippen LogP contribution in [0.25, 0.3) is 11.1 Å². The Labute approximate surface area is 145 Å². The van der Waals surface area contributed by atoms with Crippen LogP contribution in [-0.4, -0.2) is 36.7 Å². The third kappa shape index (κ3) is 5.12. The first-order chi connectivity index (χ1) is 11.9. The molecule has 0 unspecified atom stereocenters. The number of ether oxygens (including phenoxy) is 1. The molecule has 2 rings (SSSR count). The van der Waals surface area contributed by atoms with Crippen molar-refractivity contribution in [2.45, 2.75) is 13.8 Å². The number of carboxylic acid groups (broad SMARTS) is 1. The van der Waals surface area contributed by atoms with Gasteiger partial charge >= 0.3 is 5.97 Å². The predicted octanol–water partition coefficient (Wildman–Crippen LogP) is 2.94. The molecule has 0 aromatic heterocycles. The Morgan fingerprint density at radius 3 is 2.40 bits per heavy atom.